The number of anilines is 1. The van der Waals surface area contributed by atoms with Gasteiger partial charge in [-0.1, -0.05) is 42.5 Å². The quantitative estimate of drug-likeness (QED) is 0.648. The van der Waals surface area contributed by atoms with Gasteiger partial charge in [0.25, 0.3) is 0 Å². The molecule has 3 aromatic rings. The number of rotatable bonds is 3. The van der Waals surface area contributed by atoms with Crippen molar-refractivity contribution in [2.75, 3.05) is 18.1 Å². The summed E-state index contributed by atoms with van der Waals surface area (Å²) in [6.07, 6.45) is -0.587. The molecule has 0 atom stereocenters. The van der Waals surface area contributed by atoms with E-state index in [0.717, 1.165) is 37.2 Å². The van der Waals surface area contributed by atoms with Crippen molar-refractivity contribution < 1.29 is 13.2 Å². The summed E-state index contributed by atoms with van der Waals surface area (Å²) in [6.45, 7) is 2.98. The Labute approximate surface area is 166 Å². The highest BCUT2D eigenvalue weighted by atomic mass is 19.4. The number of benzene rings is 2. The van der Waals surface area contributed by atoms with Crippen LogP contribution in [0.4, 0.5) is 19.0 Å². The molecule has 0 bridgehead atoms. The van der Waals surface area contributed by atoms with E-state index in [0.29, 0.717) is 17.8 Å². The summed E-state index contributed by atoms with van der Waals surface area (Å²) in [4.78, 5) is 4.55. The molecular weight excluding hydrogens is 377 g/mol. The van der Waals surface area contributed by atoms with E-state index >= 15 is 0 Å². The lowest BCUT2D eigenvalue weighted by molar-refractivity contribution is -0.137. The fourth-order valence-corrected chi connectivity index (χ4v) is 4.07. The van der Waals surface area contributed by atoms with Crippen molar-refractivity contribution in [2.24, 2.45) is 0 Å². The molecule has 29 heavy (non-hydrogen) atoms. The largest absolute Gasteiger partial charge is 0.416 e. The Morgan fingerprint density at radius 3 is 2.62 bits per heavy atom. The summed E-state index contributed by atoms with van der Waals surface area (Å²) in [5.41, 5.74) is 2.92. The Morgan fingerprint density at radius 1 is 1.00 bits per heavy atom. The first kappa shape index (κ1) is 18.0. The van der Waals surface area contributed by atoms with Crippen molar-refractivity contribution in [3.05, 3.63) is 89.1 Å². The van der Waals surface area contributed by atoms with Crippen LogP contribution in [0.15, 0.2) is 66.9 Å². The first-order valence-corrected chi connectivity index (χ1v) is 9.45. The molecule has 0 N–H and O–H groups in total. The fraction of sp³-hybridized carbons (Fsp3) is 0.227. The maximum absolute atomic E-state index is 13.1. The molecule has 5 rings (SSSR count). The Kier molecular flexibility index (Phi) is 4.20. The van der Waals surface area contributed by atoms with Crippen LogP contribution in [0.3, 0.4) is 0 Å². The average molecular weight is 396 g/mol. The monoisotopic (exact) mass is 396 g/mol. The van der Waals surface area contributed by atoms with Gasteiger partial charge in [0.05, 0.1) is 24.1 Å². The summed E-state index contributed by atoms with van der Waals surface area (Å²) in [5, 5.41) is 4.51. The predicted octanol–water partition coefficient (Wildman–Crippen LogP) is 4.58. The molecule has 0 fully saturated rings. The van der Waals surface area contributed by atoms with E-state index in [-0.39, 0.29) is 0 Å². The molecule has 1 aromatic heterocycles. The van der Waals surface area contributed by atoms with Crippen LogP contribution in [0.1, 0.15) is 22.3 Å². The van der Waals surface area contributed by atoms with Crippen LogP contribution in [0.2, 0.25) is 0 Å². The molecule has 7 heteroatoms. The zero-order valence-corrected chi connectivity index (χ0v) is 15.6. The lowest BCUT2D eigenvalue weighted by Gasteiger charge is -2.39. The van der Waals surface area contributed by atoms with Crippen molar-refractivity contribution in [3.63, 3.8) is 0 Å². The maximum Gasteiger partial charge on any atom is 0.416 e. The van der Waals surface area contributed by atoms with Gasteiger partial charge in [-0.25, -0.2) is 4.68 Å². The number of aromatic nitrogens is 2. The van der Waals surface area contributed by atoms with Gasteiger partial charge >= 0.3 is 6.18 Å². The summed E-state index contributed by atoms with van der Waals surface area (Å²) in [7, 11) is 0. The highest BCUT2D eigenvalue weighted by Crippen LogP contribution is 2.36. The van der Waals surface area contributed by atoms with Crippen molar-refractivity contribution in [3.8, 4) is 0 Å². The Hall–Kier alpha value is -3.06. The molecule has 2 aromatic carbocycles. The number of nitrogens with zero attached hydrogens (tertiary/aromatic N) is 4. The van der Waals surface area contributed by atoms with Crippen molar-refractivity contribution in [2.45, 2.75) is 19.3 Å². The maximum atomic E-state index is 13.1. The van der Waals surface area contributed by atoms with Crippen LogP contribution < -0.4 is 4.90 Å². The van der Waals surface area contributed by atoms with Gasteiger partial charge in [0.15, 0.2) is 0 Å². The molecule has 4 nitrogen and oxygen atoms in total. The highest BCUT2D eigenvalue weighted by molar-refractivity contribution is 5.74. The van der Waals surface area contributed by atoms with Crippen molar-refractivity contribution in [1.29, 1.82) is 0 Å². The van der Waals surface area contributed by atoms with Crippen LogP contribution in [0, 0.1) is 0 Å². The normalized spacial score (nSPS) is 16.5. The van der Waals surface area contributed by atoms with Crippen molar-refractivity contribution >= 4 is 11.5 Å². The molecule has 2 aliphatic rings. The van der Waals surface area contributed by atoms with Gasteiger partial charge in [-0.3, -0.25) is 4.90 Å². The summed E-state index contributed by atoms with van der Waals surface area (Å²) >= 11 is 0. The van der Waals surface area contributed by atoms with Crippen molar-refractivity contribution in [1.82, 2.24) is 14.7 Å². The molecule has 148 valence electrons. The van der Waals surface area contributed by atoms with E-state index in [1.54, 1.807) is 10.7 Å². The minimum atomic E-state index is -4.36. The third-order valence-corrected chi connectivity index (χ3v) is 5.35. The number of hydrogen-bond donors (Lipinski definition) is 0. The van der Waals surface area contributed by atoms with Crippen LogP contribution in [0.25, 0.3) is 5.70 Å². The highest BCUT2D eigenvalue weighted by Gasteiger charge is 2.33. The topological polar surface area (TPSA) is 24.3 Å². The Morgan fingerprint density at radius 2 is 1.83 bits per heavy atom. The third-order valence-electron chi connectivity index (χ3n) is 5.35. The second kappa shape index (κ2) is 6.77. The average Bonchev–Trinajstić information content (AvgIpc) is 3.14. The van der Waals surface area contributed by atoms with E-state index in [1.165, 1.54) is 17.7 Å². The predicted molar refractivity (Wildman–Crippen MR) is 105 cm³/mol. The second-order valence-electron chi connectivity index (χ2n) is 7.41. The van der Waals surface area contributed by atoms with Gasteiger partial charge in [-0.15, -0.1) is 0 Å². The van der Waals surface area contributed by atoms with E-state index in [4.69, 9.17) is 0 Å². The fourth-order valence-electron chi connectivity index (χ4n) is 4.07. The molecule has 0 radical (unpaired) electrons. The number of hydrogen-bond acceptors (Lipinski definition) is 3. The smallest absolute Gasteiger partial charge is 0.339 e. The lowest BCUT2D eigenvalue weighted by atomic mass is 10.1. The molecule has 0 unspecified atom stereocenters. The molecular formula is C22H19F3N4. The van der Waals surface area contributed by atoms with Crippen LogP contribution in [-0.4, -0.2) is 27.9 Å². The first-order valence-electron chi connectivity index (χ1n) is 9.45. The third kappa shape index (κ3) is 3.31. The van der Waals surface area contributed by atoms with E-state index in [1.807, 2.05) is 30.5 Å². The summed E-state index contributed by atoms with van der Waals surface area (Å²) in [5.74, 6) is 0.976. The van der Waals surface area contributed by atoms with E-state index in [2.05, 4.69) is 27.0 Å². The zero-order chi connectivity index (χ0) is 20.0. The van der Waals surface area contributed by atoms with E-state index in [9.17, 15) is 13.2 Å². The zero-order valence-electron chi connectivity index (χ0n) is 15.6. The molecule has 3 heterocycles. The van der Waals surface area contributed by atoms with Gasteiger partial charge in [0.1, 0.15) is 5.82 Å². The van der Waals surface area contributed by atoms with Gasteiger partial charge < -0.3 is 4.90 Å². The minimum absolute atomic E-state index is 0.525. The molecule has 0 amide bonds. The summed E-state index contributed by atoms with van der Waals surface area (Å²) in [6, 6.07) is 15.7. The summed E-state index contributed by atoms with van der Waals surface area (Å²) < 4.78 is 41.2. The first-order chi connectivity index (χ1) is 14.0. The van der Waals surface area contributed by atoms with Crippen LogP contribution in [-0.2, 0) is 19.3 Å². The van der Waals surface area contributed by atoms with Gasteiger partial charge in [-0.05, 0) is 23.8 Å². The lowest BCUT2D eigenvalue weighted by Crippen LogP contribution is -2.44. The molecule has 2 aliphatic heterocycles. The van der Waals surface area contributed by atoms with Gasteiger partial charge in [-0.2, -0.15) is 18.3 Å². The molecule has 0 spiro atoms. The van der Waals surface area contributed by atoms with E-state index < -0.39 is 11.7 Å². The number of halogens is 3. The standard InChI is InChI=1S/C22H19F3N4/c23-22(24,25)19-8-4-7-17(11-19)20-9-10-28-15-27(13-16-5-2-1-3-6-16)14-18-12-26-29(20)21(18)28/h1-9,11-12H,10,13-15H2. The second-order valence-corrected chi connectivity index (χ2v) is 7.41. The Bertz CT molecular complexity index is 1070. The molecule has 0 saturated heterocycles. The number of alkyl halides is 3. The minimum Gasteiger partial charge on any atom is -0.339 e. The van der Waals surface area contributed by atoms with Crippen LogP contribution in [0.5, 0.6) is 0 Å². The molecule has 0 saturated carbocycles. The van der Waals surface area contributed by atoms with Gasteiger partial charge in [0, 0.05) is 30.8 Å². The Balaban J connectivity index is 1.44. The van der Waals surface area contributed by atoms with Crippen LogP contribution >= 0.6 is 0 Å². The SMILES string of the molecule is FC(F)(F)c1cccc(C2=CCN3CN(Cc4ccccc4)Cc4cnn2c43)c1. The molecule has 0 aliphatic carbocycles. The van der Waals surface area contributed by atoms with Gasteiger partial charge in [0.2, 0.25) is 0 Å².